The van der Waals surface area contributed by atoms with Crippen LogP contribution in [0.25, 0.3) is 0 Å². The first-order valence-electron chi connectivity index (χ1n) is 8.66. The second-order valence-electron chi connectivity index (χ2n) is 6.22. The zero-order chi connectivity index (χ0) is 17.8. The molecular weight excluding hydrogens is 326 g/mol. The predicted octanol–water partition coefficient (Wildman–Crippen LogP) is 3.59. The molecule has 4 rings (SSSR count). The number of nitrogens with one attached hydrogen (secondary N) is 1. The number of anilines is 2. The van der Waals surface area contributed by atoms with Gasteiger partial charge in [0.2, 0.25) is 5.95 Å². The largest absolute Gasteiger partial charge is 0.332 e. The highest BCUT2D eigenvalue weighted by atomic mass is 16.2. The minimum Gasteiger partial charge on any atom is -0.332 e. The van der Waals surface area contributed by atoms with Crippen molar-refractivity contribution in [3.8, 4) is 0 Å². The summed E-state index contributed by atoms with van der Waals surface area (Å²) in [6, 6.07) is 13.3. The first-order chi connectivity index (χ1) is 12.8. The Bertz CT molecular complexity index is 885. The van der Waals surface area contributed by atoms with E-state index >= 15 is 0 Å². The number of carbonyl (C=O) groups excluding carboxylic acids is 1. The van der Waals surface area contributed by atoms with Crippen molar-refractivity contribution in [1.82, 2.24) is 19.9 Å². The van der Waals surface area contributed by atoms with Crippen molar-refractivity contribution < 1.29 is 4.79 Å². The number of hydrogen-bond donors (Lipinski definition) is 1. The summed E-state index contributed by atoms with van der Waals surface area (Å²) in [4.78, 5) is 27.4. The minimum absolute atomic E-state index is 0.0435. The van der Waals surface area contributed by atoms with Crippen molar-refractivity contribution in [2.24, 2.45) is 0 Å². The van der Waals surface area contributed by atoms with E-state index < -0.39 is 0 Å². The molecule has 0 bridgehead atoms. The molecule has 1 unspecified atom stereocenters. The van der Waals surface area contributed by atoms with Crippen molar-refractivity contribution in [3.05, 3.63) is 78.4 Å². The summed E-state index contributed by atoms with van der Waals surface area (Å²) in [7, 11) is 0. The quantitative estimate of drug-likeness (QED) is 0.782. The Morgan fingerprint density at radius 3 is 2.65 bits per heavy atom. The lowest BCUT2D eigenvalue weighted by atomic mass is 10.1. The molecule has 0 saturated carbocycles. The molecule has 0 spiro atoms. The predicted molar refractivity (Wildman–Crippen MR) is 99.0 cm³/mol. The number of amides is 1. The van der Waals surface area contributed by atoms with Gasteiger partial charge in [0, 0.05) is 42.6 Å². The van der Waals surface area contributed by atoms with E-state index in [1.807, 2.05) is 41.3 Å². The standard InChI is InChI=1S/C20H19N5O/c26-19(25-13-2-6-18(25)15-7-11-21-12-8-15)16-4-1-5-17(14-16)24-20-22-9-3-10-23-20/h1,3-5,7-12,14,18H,2,6,13H2,(H,22,23,24). The van der Waals surface area contributed by atoms with Crippen LogP contribution in [0.15, 0.2) is 67.3 Å². The summed E-state index contributed by atoms with van der Waals surface area (Å²) in [5, 5.41) is 3.13. The SMILES string of the molecule is O=C(c1cccc(Nc2ncccn2)c1)N1CCCC1c1ccncc1. The van der Waals surface area contributed by atoms with Gasteiger partial charge in [0.15, 0.2) is 0 Å². The molecule has 1 saturated heterocycles. The monoisotopic (exact) mass is 345 g/mol. The van der Waals surface area contributed by atoms with Crippen LogP contribution in [-0.2, 0) is 0 Å². The van der Waals surface area contributed by atoms with Crippen LogP contribution in [0.5, 0.6) is 0 Å². The number of nitrogens with zero attached hydrogens (tertiary/aromatic N) is 4. The number of rotatable bonds is 4. The summed E-state index contributed by atoms with van der Waals surface area (Å²) < 4.78 is 0. The van der Waals surface area contributed by atoms with Crippen LogP contribution >= 0.6 is 0 Å². The fourth-order valence-electron chi connectivity index (χ4n) is 3.33. The van der Waals surface area contributed by atoms with Crippen molar-refractivity contribution in [3.63, 3.8) is 0 Å². The highest BCUT2D eigenvalue weighted by Gasteiger charge is 2.30. The maximum atomic E-state index is 13.1. The second-order valence-corrected chi connectivity index (χ2v) is 6.22. The van der Waals surface area contributed by atoms with Crippen LogP contribution in [0.4, 0.5) is 11.6 Å². The van der Waals surface area contributed by atoms with Gasteiger partial charge in [-0.15, -0.1) is 0 Å². The topological polar surface area (TPSA) is 71.0 Å². The summed E-state index contributed by atoms with van der Waals surface area (Å²) in [6.45, 7) is 0.769. The van der Waals surface area contributed by atoms with E-state index in [-0.39, 0.29) is 11.9 Å². The van der Waals surface area contributed by atoms with Crippen molar-refractivity contribution in [2.45, 2.75) is 18.9 Å². The molecule has 1 aliphatic heterocycles. The average Bonchev–Trinajstić information content (AvgIpc) is 3.19. The number of aromatic nitrogens is 3. The molecule has 0 aliphatic carbocycles. The van der Waals surface area contributed by atoms with Crippen LogP contribution in [0.3, 0.4) is 0 Å². The van der Waals surface area contributed by atoms with E-state index in [1.54, 1.807) is 30.9 Å². The number of likely N-dealkylation sites (tertiary alicyclic amines) is 1. The van der Waals surface area contributed by atoms with Crippen LogP contribution < -0.4 is 5.32 Å². The fraction of sp³-hybridized carbons (Fsp3) is 0.200. The molecule has 130 valence electrons. The zero-order valence-corrected chi connectivity index (χ0v) is 14.2. The Hall–Kier alpha value is -3.28. The Morgan fingerprint density at radius 1 is 1.04 bits per heavy atom. The molecule has 0 radical (unpaired) electrons. The molecule has 26 heavy (non-hydrogen) atoms. The summed E-state index contributed by atoms with van der Waals surface area (Å²) >= 11 is 0. The molecule has 1 amide bonds. The number of benzene rings is 1. The summed E-state index contributed by atoms with van der Waals surface area (Å²) in [6.07, 6.45) is 8.89. The molecule has 1 fully saturated rings. The third-order valence-electron chi connectivity index (χ3n) is 4.54. The van der Waals surface area contributed by atoms with Gasteiger partial charge in [-0.25, -0.2) is 9.97 Å². The van der Waals surface area contributed by atoms with E-state index in [2.05, 4.69) is 20.3 Å². The van der Waals surface area contributed by atoms with Gasteiger partial charge < -0.3 is 10.2 Å². The molecule has 3 aromatic rings. The fourth-order valence-corrected chi connectivity index (χ4v) is 3.33. The van der Waals surface area contributed by atoms with E-state index in [0.717, 1.165) is 30.6 Å². The average molecular weight is 345 g/mol. The van der Waals surface area contributed by atoms with Crippen molar-refractivity contribution in [2.75, 3.05) is 11.9 Å². The van der Waals surface area contributed by atoms with Gasteiger partial charge in [0.1, 0.15) is 0 Å². The maximum Gasteiger partial charge on any atom is 0.254 e. The van der Waals surface area contributed by atoms with Crippen molar-refractivity contribution in [1.29, 1.82) is 0 Å². The molecule has 1 aliphatic rings. The van der Waals surface area contributed by atoms with E-state index in [9.17, 15) is 4.79 Å². The maximum absolute atomic E-state index is 13.1. The summed E-state index contributed by atoms with van der Waals surface area (Å²) in [5.41, 5.74) is 2.59. The molecule has 6 heteroatoms. The van der Waals surface area contributed by atoms with Crippen LogP contribution in [0.1, 0.15) is 34.8 Å². The molecular formula is C20H19N5O. The first kappa shape index (κ1) is 16.2. The van der Waals surface area contributed by atoms with Crippen LogP contribution in [0, 0.1) is 0 Å². The van der Waals surface area contributed by atoms with E-state index in [1.165, 1.54) is 0 Å². The van der Waals surface area contributed by atoms with Gasteiger partial charge in [-0.1, -0.05) is 6.07 Å². The highest BCUT2D eigenvalue weighted by Crippen LogP contribution is 2.33. The van der Waals surface area contributed by atoms with E-state index in [0.29, 0.717) is 11.5 Å². The zero-order valence-electron chi connectivity index (χ0n) is 14.2. The Labute approximate surface area is 151 Å². The van der Waals surface area contributed by atoms with Gasteiger partial charge in [-0.3, -0.25) is 9.78 Å². The lowest BCUT2D eigenvalue weighted by Crippen LogP contribution is -2.30. The molecule has 2 aromatic heterocycles. The Kier molecular flexibility index (Phi) is 4.55. The highest BCUT2D eigenvalue weighted by molar-refractivity contribution is 5.95. The minimum atomic E-state index is 0.0435. The number of pyridine rings is 1. The molecule has 1 atom stereocenters. The van der Waals surface area contributed by atoms with Crippen LogP contribution in [-0.4, -0.2) is 32.3 Å². The molecule has 6 nitrogen and oxygen atoms in total. The molecule has 1 aromatic carbocycles. The lowest BCUT2D eigenvalue weighted by molar-refractivity contribution is 0.0735. The third kappa shape index (κ3) is 3.39. The Balaban J connectivity index is 1.55. The van der Waals surface area contributed by atoms with Gasteiger partial charge in [-0.05, 0) is 54.8 Å². The Morgan fingerprint density at radius 2 is 1.85 bits per heavy atom. The molecule has 1 N–H and O–H groups in total. The smallest absolute Gasteiger partial charge is 0.254 e. The first-order valence-corrected chi connectivity index (χ1v) is 8.66. The number of hydrogen-bond acceptors (Lipinski definition) is 5. The van der Waals surface area contributed by atoms with Crippen LogP contribution in [0.2, 0.25) is 0 Å². The van der Waals surface area contributed by atoms with Gasteiger partial charge in [0.05, 0.1) is 6.04 Å². The number of carbonyl (C=O) groups is 1. The van der Waals surface area contributed by atoms with Gasteiger partial charge in [0.25, 0.3) is 5.91 Å². The lowest BCUT2D eigenvalue weighted by Gasteiger charge is -2.25. The van der Waals surface area contributed by atoms with Gasteiger partial charge >= 0.3 is 0 Å². The van der Waals surface area contributed by atoms with Gasteiger partial charge in [-0.2, -0.15) is 0 Å². The molecule has 3 heterocycles. The normalized spacial score (nSPS) is 16.5. The van der Waals surface area contributed by atoms with E-state index in [4.69, 9.17) is 0 Å². The second kappa shape index (κ2) is 7.31. The summed E-state index contributed by atoms with van der Waals surface area (Å²) in [5.74, 6) is 0.551. The van der Waals surface area contributed by atoms with Crippen molar-refractivity contribution >= 4 is 17.5 Å². The third-order valence-corrected chi connectivity index (χ3v) is 4.54.